The number of aromatic nitrogens is 1. The van der Waals surface area contributed by atoms with Gasteiger partial charge < -0.3 is 0 Å². The lowest BCUT2D eigenvalue weighted by atomic mass is 10.3. The molecule has 0 spiro atoms. The Morgan fingerprint density at radius 1 is 1.50 bits per heavy atom. The number of thiazole rings is 1. The minimum absolute atomic E-state index is 0.0150. The zero-order chi connectivity index (χ0) is 10.9. The van der Waals surface area contributed by atoms with E-state index in [9.17, 15) is 13.2 Å². The molecule has 1 heterocycles. The van der Waals surface area contributed by atoms with Gasteiger partial charge in [0.15, 0.2) is 9.84 Å². The third-order valence-corrected chi connectivity index (χ3v) is 4.61. The van der Waals surface area contributed by atoms with Crippen molar-refractivity contribution in [3.63, 3.8) is 0 Å². The van der Waals surface area contributed by atoms with E-state index < -0.39 is 9.84 Å². The van der Waals surface area contributed by atoms with Crippen molar-refractivity contribution in [2.24, 2.45) is 0 Å². The molecule has 78 valence electrons. The van der Waals surface area contributed by atoms with Gasteiger partial charge in [0.1, 0.15) is 15.0 Å². The Bertz CT molecular complexity index is 459. The van der Waals surface area contributed by atoms with Crippen LogP contribution in [0.15, 0.2) is 4.21 Å². The maximum atomic E-state index is 11.2. The summed E-state index contributed by atoms with van der Waals surface area (Å²) in [5.74, 6) is -0.0150. The van der Waals surface area contributed by atoms with Crippen molar-refractivity contribution in [2.45, 2.75) is 24.5 Å². The summed E-state index contributed by atoms with van der Waals surface area (Å²) in [5.41, 5.74) is 0.480. The summed E-state index contributed by atoms with van der Waals surface area (Å²) in [4.78, 5) is 14.8. The van der Waals surface area contributed by atoms with Gasteiger partial charge in [-0.2, -0.15) is 0 Å². The first kappa shape index (κ1) is 11.3. The Morgan fingerprint density at radius 3 is 2.43 bits per heavy atom. The Labute approximate surface area is 86.9 Å². The normalized spacial score (nSPS) is 11.6. The Hall–Kier alpha value is -0.750. The van der Waals surface area contributed by atoms with E-state index in [1.54, 1.807) is 6.92 Å². The van der Waals surface area contributed by atoms with Crippen molar-refractivity contribution in [1.82, 2.24) is 4.98 Å². The Balaban J connectivity index is 3.12. The van der Waals surface area contributed by atoms with E-state index in [0.717, 1.165) is 17.6 Å². The smallest absolute Gasteiger partial charge is 0.186 e. The van der Waals surface area contributed by atoms with Crippen LogP contribution < -0.4 is 0 Å². The molecule has 0 fully saturated rings. The molecule has 0 amide bonds. The van der Waals surface area contributed by atoms with Crippen LogP contribution in [0.4, 0.5) is 0 Å². The lowest BCUT2D eigenvalue weighted by molar-refractivity contribution is -0.116. The number of hydrogen-bond acceptors (Lipinski definition) is 5. The van der Waals surface area contributed by atoms with Gasteiger partial charge in [-0.25, -0.2) is 13.4 Å². The second kappa shape index (κ2) is 3.78. The number of hydrogen-bond donors (Lipinski definition) is 0. The van der Waals surface area contributed by atoms with Gasteiger partial charge in [0.05, 0.1) is 12.1 Å². The van der Waals surface area contributed by atoms with Crippen molar-refractivity contribution in [2.75, 3.05) is 6.26 Å². The zero-order valence-electron chi connectivity index (χ0n) is 8.20. The van der Waals surface area contributed by atoms with Crippen LogP contribution in [0.1, 0.15) is 17.6 Å². The highest BCUT2D eigenvalue weighted by atomic mass is 32.2. The number of carbonyl (C=O) groups is 1. The summed E-state index contributed by atoms with van der Waals surface area (Å²) in [6.45, 7) is 3.09. The second-order valence-electron chi connectivity index (χ2n) is 3.13. The van der Waals surface area contributed by atoms with Crippen LogP contribution in [0.2, 0.25) is 0 Å². The predicted octanol–water partition coefficient (Wildman–Crippen LogP) is 0.987. The van der Waals surface area contributed by atoms with E-state index in [4.69, 9.17) is 0 Å². The Kier molecular flexibility index (Phi) is 3.06. The van der Waals surface area contributed by atoms with Crippen LogP contribution in [0.25, 0.3) is 0 Å². The number of ketones is 1. The second-order valence-corrected chi connectivity index (χ2v) is 6.43. The summed E-state index contributed by atoms with van der Waals surface area (Å²) < 4.78 is 22.7. The van der Waals surface area contributed by atoms with Crippen LogP contribution in [-0.2, 0) is 21.1 Å². The summed E-state index contributed by atoms with van der Waals surface area (Å²) in [5, 5.41) is 0.565. The van der Waals surface area contributed by atoms with Gasteiger partial charge in [0.2, 0.25) is 0 Å². The number of carbonyl (C=O) groups excluding carboxylic acids is 1. The Morgan fingerprint density at radius 2 is 2.07 bits per heavy atom. The average molecular weight is 233 g/mol. The van der Waals surface area contributed by atoms with Gasteiger partial charge >= 0.3 is 0 Å². The van der Waals surface area contributed by atoms with Crippen molar-refractivity contribution in [3.8, 4) is 0 Å². The van der Waals surface area contributed by atoms with E-state index in [-0.39, 0.29) is 16.4 Å². The molecule has 0 aliphatic carbocycles. The van der Waals surface area contributed by atoms with Gasteiger partial charge in [-0.1, -0.05) is 0 Å². The van der Waals surface area contributed by atoms with Crippen LogP contribution in [0.3, 0.4) is 0 Å². The molecular formula is C8H11NO3S2. The maximum Gasteiger partial charge on any atom is 0.186 e. The number of aryl methyl sites for hydroxylation is 1. The molecule has 0 aliphatic rings. The van der Waals surface area contributed by atoms with Crippen molar-refractivity contribution in [1.29, 1.82) is 0 Å². The molecule has 1 aromatic heterocycles. The molecule has 0 aliphatic heterocycles. The standard InChI is InChI=1S/C8H11NO3S2/c1-5(10)4-7-9-6(2)8(13-7)14(3,11)12/h4H2,1-3H3. The minimum Gasteiger partial charge on any atom is -0.300 e. The number of nitrogens with zero attached hydrogens (tertiary/aromatic N) is 1. The van der Waals surface area contributed by atoms with Gasteiger partial charge in [-0.15, -0.1) is 11.3 Å². The molecular weight excluding hydrogens is 222 g/mol. The third kappa shape index (κ3) is 2.62. The highest BCUT2D eigenvalue weighted by molar-refractivity contribution is 7.92. The lowest BCUT2D eigenvalue weighted by Gasteiger charge is -1.90. The van der Waals surface area contributed by atoms with Gasteiger partial charge in [-0.05, 0) is 13.8 Å². The SMILES string of the molecule is CC(=O)Cc1nc(C)c(S(C)(=O)=O)s1. The zero-order valence-corrected chi connectivity index (χ0v) is 9.83. The van der Waals surface area contributed by atoms with Crippen molar-refractivity contribution < 1.29 is 13.2 Å². The molecule has 14 heavy (non-hydrogen) atoms. The molecule has 0 N–H and O–H groups in total. The fourth-order valence-corrected chi connectivity index (χ4v) is 3.41. The van der Waals surface area contributed by atoms with E-state index in [1.807, 2.05) is 0 Å². The summed E-state index contributed by atoms with van der Waals surface area (Å²) in [7, 11) is -3.20. The number of rotatable bonds is 3. The number of sulfone groups is 1. The van der Waals surface area contributed by atoms with E-state index >= 15 is 0 Å². The molecule has 0 atom stereocenters. The molecule has 0 bridgehead atoms. The largest absolute Gasteiger partial charge is 0.300 e. The fraction of sp³-hybridized carbons (Fsp3) is 0.500. The van der Waals surface area contributed by atoms with Gasteiger partial charge in [0, 0.05) is 6.26 Å². The topological polar surface area (TPSA) is 64.1 Å². The first-order valence-electron chi connectivity index (χ1n) is 3.96. The summed E-state index contributed by atoms with van der Waals surface area (Å²) >= 11 is 1.07. The molecule has 0 saturated heterocycles. The molecule has 0 radical (unpaired) electrons. The fourth-order valence-electron chi connectivity index (χ4n) is 1.07. The summed E-state index contributed by atoms with van der Waals surface area (Å²) in [6, 6.07) is 0. The number of Topliss-reactive ketones (excluding diaryl/α,β-unsaturated/α-hetero) is 1. The average Bonchev–Trinajstić information content (AvgIpc) is 2.27. The molecule has 0 aromatic carbocycles. The molecule has 6 heteroatoms. The quantitative estimate of drug-likeness (QED) is 0.781. The van der Waals surface area contributed by atoms with Crippen molar-refractivity contribution >= 4 is 27.0 Å². The molecule has 0 unspecified atom stereocenters. The van der Waals surface area contributed by atoms with E-state index in [0.29, 0.717) is 10.7 Å². The van der Waals surface area contributed by atoms with Crippen LogP contribution in [0.5, 0.6) is 0 Å². The minimum atomic E-state index is -3.20. The van der Waals surface area contributed by atoms with Gasteiger partial charge in [0.25, 0.3) is 0 Å². The molecule has 0 saturated carbocycles. The van der Waals surface area contributed by atoms with E-state index in [2.05, 4.69) is 4.98 Å². The van der Waals surface area contributed by atoms with Crippen LogP contribution in [0, 0.1) is 6.92 Å². The highest BCUT2D eigenvalue weighted by Crippen LogP contribution is 2.23. The lowest BCUT2D eigenvalue weighted by Crippen LogP contribution is -1.95. The summed E-state index contributed by atoms with van der Waals surface area (Å²) in [6.07, 6.45) is 1.35. The monoisotopic (exact) mass is 233 g/mol. The molecule has 1 aromatic rings. The van der Waals surface area contributed by atoms with Gasteiger partial charge in [-0.3, -0.25) is 4.79 Å². The first-order valence-corrected chi connectivity index (χ1v) is 6.67. The third-order valence-electron chi connectivity index (χ3n) is 1.54. The van der Waals surface area contributed by atoms with E-state index in [1.165, 1.54) is 6.92 Å². The van der Waals surface area contributed by atoms with Crippen molar-refractivity contribution in [3.05, 3.63) is 10.7 Å². The molecule has 1 rings (SSSR count). The first-order chi connectivity index (χ1) is 6.30. The van der Waals surface area contributed by atoms with Crippen LogP contribution in [-0.4, -0.2) is 25.4 Å². The van der Waals surface area contributed by atoms with Crippen LogP contribution >= 0.6 is 11.3 Å². The highest BCUT2D eigenvalue weighted by Gasteiger charge is 2.17. The maximum absolute atomic E-state index is 11.2. The predicted molar refractivity (Wildman–Crippen MR) is 54.3 cm³/mol. The molecule has 4 nitrogen and oxygen atoms in total.